The van der Waals surface area contributed by atoms with Crippen LogP contribution in [0.5, 0.6) is 0 Å². The van der Waals surface area contributed by atoms with E-state index in [1.54, 1.807) is 11.0 Å². The first-order chi connectivity index (χ1) is 6.68. The van der Waals surface area contributed by atoms with Crippen molar-refractivity contribution in [1.29, 1.82) is 0 Å². The highest BCUT2D eigenvalue weighted by Gasteiger charge is 2.29. The number of nitrogens with one attached hydrogen (secondary N) is 1. The molecule has 1 aromatic heterocycles. The zero-order valence-corrected chi connectivity index (χ0v) is 8.32. The molecule has 2 heterocycles. The van der Waals surface area contributed by atoms with Crippen molar-refractivity contribution in [1.82, 2.24) is 15.3 Å². The Bertz CT molecular complexity index is 370. The maximum Gasteiger partial charge on any atom is 0.323 e. The average molecular weight is 213 g/mol. The molecule has 1 atom stereocenters. The molecular weight excluding hydrogens is 204 g/mol. The third-order valence-electron chi connectivity index (χ3n) is 2.07. The van der Waals surface area contributed by atoms with Crippen LogP contribution in [0.3, 0.4) is 0 Å². The number of nitrogens with zero attached hydrogens (tertiary/aromatic N) is 3. The number of hydrogen-bond acceptors (Lipinski definition) is 3. The van der Waals surface area contributed by atoms with Crippen LogP contribution in [-0.2, 0) is 0 Å². The van der Waals surface area contributed by atoms with Gasteiger partial charge in [0, 0.05) is 12.7 Å². The van der Waals surface area contributed by atoms with Crippen molar-refractivity contribution in [3.8, 4) is 0 Å². The number of amides is 2. The molecule has 0 aliphatic carbocycles. The summed E-state index contributed by atoms with van der Waals surface area (Å²) in [7, 11) is 0. The number of hydrogen-bond donors (Lipinski definition) is 1. The molecule has 0 spiro atoms. The Labute approximate surface area is 86.1 Å². The number of carbonyl (C=O) groups excluding carboxylic acids is 1. The van der Waals surface area contributed by atoms with Crippen LogP contribution < -0.4 is 10.2 Å². The standard InChI is InChI=1S/C8H9ClN4O/c1-5-4-11-8(14)13(5)6-2-3-10-7(9)12-6/h2-3,5H,4H2,1H3,(H,11,14)/t5-/m0/s1. The number of aromatic nitrogens is 2. The molecule has 2 rings (SSSR count). The smallest absolute Gasteiger partial charge is 0.323 e. The van der Waals surface area contributed by atoms with Crippen LogP contribution in [0.25, 0.3) is 0 Å². The largest absolute Gasteiger partial charge is 0.336 e. The number of rotatable bonds is 1. The molecule has 5 nitrogen and oxygen atoms in total. The van der Waals surface area contributed by atoms with Gasteiger partial charge < -0.3 is 5.32 Å². The lowest BCUT2D eigenvalue weighted by atomic mass is 10.3. The van der Waals surface area contributed by atoms with E-state index in [2.05, 4.69) is 15.3 Å². The summed E-state index contributed by atoms with van der Waals surface area (Å²) in [6.07, 6.45) is 1.53. The molecular formula is C8H9ClN4O. The van der Waals surface area contributed by atoms with Gasteiger partial charge in [0.05, 0.1) is 6.04 Å². The Hall–Kier alpha value is -1.36. The lowest BCUT2D eigenvalue weighted by Gasteiger charge is -2.17. The maximum atomic E-state index is 11.4. The van der Waals surface area contributed by atoms with E-state index < -0.39 is 0 Å². The third-order valence-corrected chi connectivity index (χ3v) is 2.25. The Morgan fingerprint density at radius 1 is 1.71 bits per heavy atom. The van der Waals surface area contributed by atoms with E-state index in [1.165, 1.54) is 6.20 Å². The predicted octanol–water partition coefficient (Wildman–Crippen LogP) is 1.05. The lowest BCUT2D eigenvalue weighted by Crippen LogP contribution is -2.33. The third kappa shape index (κ3) is 1.50. The first-order valence-corrected chi connectivity index (χ1v) is 4.62. The van der Waals surface area contributed by atoms with Crippen LogP contribution in [0.15, 0.2) is 12.3 Å². The molecule has 0 radical (unpaired) electrons. The van der Waals surface area contributed by atoms with Crippen LogP contribution in [0.1, 0.15) is 6.92 Å². The van der Waals surface area contributed by atoms with E-state index in [0.717, 1.165) is 0 Å². The molecule has 6 heteroatoms. The maximum absolute atomic E-state index is 11.4. The van der Waals surface area contributed by atoms with Crippen molar-refractivity contribution in [3.05, 3.63) is 17.5 Å². The van der Waals surface area contributed by atoms with Gasteiger partial charge in [-0.2, -0.15) is 0 Å². The van der Waals surface area contributed by atoms with Crippen LogP contribution in [-0.4, -0.2) is 28.6 Å². The molecule has 1 fully saturated rings. The summed E-state index contributed by atoms with van der Waals surface area (Å²) in [6.45, 7) is 2.56. The van der Waals surface area contributed by atoms with Crippen molar-refractivity contribution < 1.29 is 4.79 Å². The Morgan fingerprint density at radius 2 is 2.50 bits per heavy atom. The van der Waals surface area contributed by atoms with Gasteiger partial charge in [0.1, 0.15) is 5.82 Å². The molecule has 0 aromatic carbocycles. The van der Waals surface area contributed by atoms with Crippen molar-refractivity contribution in [3.63, 3.8) is 0 Å². The minimum atomic E-state index is -0.146. The van der Waals surface area contributed by atoms with Crippen molar-refractivity contribution in [2.45, 2.75) is 13.0 Å². The summed E-state index contributed by atoms with van der Waals surface area (Å²) in [5.41, 5.74) is 0. The van der Waals surface area contributed by atoms with E-state index in [9.17, 15) is 4.79 Å². The van der Waals surface area contributed by atoms with E-state index in [1.807, 2.05) is 6.92 Å². The topological polar surface area (TPSA) is 58.1 Å². The summed E-state index contributed by atoms with van der Waals surface area (Å²) in [6, 6.07) is 1.61. The molecule has 0 unspecified atom stereocenters. The number of urea groups is 1. The molecule has 1 aliphatic heterocycles. The second kappa shape index (κ2) is 3.42. The highest BCUT2D eigenvalue weighted by Crippen LogP contribution is 2.18. The monoisotopic (exact) mass is 212 g/mol. The molecule has 2 amide bonds. The fourth-order valence-corrected chi connectivity index (χ4v) is 1.54. The SMILES string of the molecule is C[C@H]1CNC(=O)N1c1ccnc(Cl)n1. The summed E-state index contributed by atoms with van der Waals surface area (Å²) in [5, 5.41) is 2.87. The Kier molecular flexibility index (Phi) is 2.25. The molecule has 1 saturated heterocycles. The minimum Gasteiger partial charge on any atom is -0.336 e. The molecule has 0 bridgehead atoms. The van der Waals surface area contributed by atoms with Gasteiger partial charge in [-0.05, 0) is 24.6 Å². The molecule has 14 heavy (non-hydrogen) atoms. The van der Waals surface area contributed by atoms with E-state index in [0.29, 0.717) is 12.4 Å². The average Bonchev–Trinajstić information content (AvgIpc) is 2.46. The van der Waals surface area contributed by atoms with Crippen molar-refractivity contribution >= 4 is 23.4 Å². The van der Waals surface area contributed by atoms with Gasteiger partial charge in [-0.1, -0.05) is 0 Å². The van der Waals surface area contributed by atoms with Gasteiger partial charge in [0.2, 0.25) is 5.28 Å². The molecule has 74 valence electrons. The summed E-state index contributed by atoms with van der Waals surface area (Å²) in [5.74, 6) is 0.535. The molecule has 1 aromatic rings. The predicted molar refractivity (Wildman–Crippen MR) is 52.4 cm³/mol. The van der Waals surface area contributed by atoms with Gasteiger partial charge in [-0.25, -0.2) is 14.8 Å². The van der Waals surface area contributed by atoms with Gasteiger partial charge in [0.25, 0.3) is 0 Å². The van der Waals surface area contributed by atoms with Crippen LogP contribution >= 0.6 is 11.6 Å². The fourth-order valence-electron chi connectivity index (χ4n) is 1.40. The fraction of sp³-hybridized carbons (Fsp3) is 0.375. The van der Waals surface area contributed by atoms with Crippen LogP contribution in [0, 0.1) is 0 Å². The highest BCUT2D eigenvalue weighted by molar-refractivity contribution is 6.28. The number of carbonyl (C=O) groups is 1. The zero-order chi connectivity index (χ0) is 10.1. The number of halogens is 1. The summed E-state index contributed by atoms with van der Waals surface area (Å²) in [4.78, 5) is 20.7. The van der Waals surface area contributed by atoms with Crippen molar-refractivity contribution in [2.24, 2.45) is 0 Å². The van der Waals surface area contributed by atoms with E-state index in [-0.39, 0.29) is 17.4 Å². The van der Waals surface area contributed by atoms with Gasteiger partial charge in [-0.15, -0.1) is 0 Å². The van der Waals surface area contributed by atoms with Crippen LogP contribution in [0.2, 0.25) is 5.28 Å². The zero-order valence-electron chi connectivity index (χ0n) is 7.57. The summed E-state index contributed by atoms with van der Waals surface area (Å²) < 4.78 is 0. The normalized spacial score (nSPS) is 21.1. The first kappa shape index (κ1) is 9.21. The summed E-state index contributed by atoms with van der Waals surface area (Å²) >= 11 is 5.64. The molecule has 1 N–H and O–H groups in total. The molecule has 1 aliphatic rings. The minimum absolute atomic E-state index is 0.0912. The first-order valence-electron chi connectivity index (χ1n) is 4.24. The quantitative estimate of drug-likeness (QED) is 0.708. The van der Waals surface area contributed by atoms with Gasteiger partial charge in [-0.3, -0.25) is 4.90 Å². The Balaban J connectivity index is 2.34. The molecule has 0 saturated carbocycles. The Morgan fingerprint density at radius 3 is 3.07 bits per heavy atom. The van der Waals surface area contributed by atoms with Gasteiger partial charge >= 0.3 is 6.03 Å². The van der Waals surface area contributed by atoms with E-state index >= 15 is 0 Å². The van der Waals surface area contributed by atoms with E-state index in [4.69, 9.17) is 11.6 Å². The van der Waals surface area contributed by atoms with Crippen LogP contribution in [0.4, 0.5) is 10.6 Å². The second-order valence-electron chi connectivity index (χ2n) is 3.09. The highest BCUT2D eigenvalue weighted by atomic mass is 35.5. The lowest BCUT2D eigenvalue weighted by molar-refractivity contribution is 0.251. The number of anilines is 1. The second-order valence-corrected chi connectivity index (χ2v) is 3.43. The van der Waals surface area contributed by atoms with Crippen molar-refractivity contribution in [2.75, 3.05) is 11.4 Å². The van der Waals surface area contributed by atoms with Gasteiger partial charge in [0.15, 0.2) is 0 Å².